The zero-order valence-electron chi connectivity index (χ0n) is 16.5. The minimum absolute atomic E-state index is 0.0797. The van der Waals surface area contributed by atoms with Crippen molar-refractivity contribution in [2.24, 2.45) is 16.4 Å². The molecule has 2 unspecified atom stereocenters. The summed E-state index contributed by atoms with van der Waals surface area (Å²) in [6.07, 6.45) is 5.67. The summed E-state index contributed by atoms with van der Waals surface area (Å²) in [6.45, 7) is 13.4. The van der Waals surface area contributed by atoms with Crippen molar-refractivity contribution >= 4 is 16.2 Å². The molecule has 7 heteroatoms. The zero-order valence-corrected chi connectivity index (χ0v) is 17.3. The molecule has 0 amide bonds. The molecule has 2 aliphatic rings. The summed E-state index contributed by atoms with van der Waals surface area (Å²) in [5.41, 5.74) is 1.47. The van der Waals surface area contributed by atoms with E-state index in [1.165, 1.54) is 6.21 Å². The number of nitrogens with zero attached hydrogens (tertiary/aromatic N) is 1. The Morgan fingerprint density at radius 2 is 1.93 bits per heavy atom. The number of aryl methyl sites for hydroxylation is 1. The standard InChI is InChI=1S/C21H28N2O4S/c1-5-20(4)15-21(26-12-13-27-21)11-10-19(20)17(3)14-22-23-28(24,25)18-8-6-16(2)7-9-18/h5-9,14,19,23H,1,3,10-13,15H2,2,4H3/b22-14+. The van der Waals surface area contributed by atoms with Crippen molar-refractivity contribution in [1.29, 1.82) is 0 Å². The van der Waals surface area contributed by atoms with Gasteiger partial charge in [-0.2, -0.15) is 13.5 Å². The highest BCUT2D eigenvalue weighted by Crippen LogP contribution is 2.51. The van der Waals surface area contributed by atoms with E-state index in [0.29, 0.717) is 19.6 Å². The van der Waals surface area contributed by atoms with Gasteiger partial charge < -0.3 is 9.47 Å². The predicted octanol–water partition coefficient (Wildman–Crippen LogP) is 3.55. The van der Waals surface area contributed by atoms with E-state index in [-0.39, 0.29) is 16.2 Å². The first-order valence-electron chi connectivity index (χ1n) is 9.42. The van der Waals surface area contributed by atoms with Crippen LogP contribution in [0.2, 0.25) is 0 Å². The van der Waals surface area contributed by atoms with Crippen LogP contribution < -0.4 is 4.83 Å². The van der Waals surface area contributed by atoms with Crippen molar-refractivity contribution in [3.8, 4) is 0 Å². The molecule has 3 rings (SSSR count). The summed E-state index contributed by atoms with van der Waals surface area (Å²) in [5, 5.41) is 3.95. The number of hydrogen-bond acceptors (Lipinski definition) is 5. The number of sulfonamides is 1. The van der Waals surface area contributed by atoms with E-state index in [0.717, 1.165) is 24.0 Å². The molecule has 1 aliphatic heterocycles. The minimum Gasteiger partial charge on any atom is -0.348 e. The molecule has 1 saturated heterocycles. The number of nitrogens with one attached hydrogen (secondary N) is 1. The fourth-order valence-electron chi connectivity index (χ4n) is 4.09. The van der Waals surface area contributed by atoms with Gasteiger partial charge in [-0.05, 0) is 42.4 Å². The smallest absolute Gasteiger partial charge is 0.276 e. The molecular formula is C21H28N2O4S. The number of rotatable bonds is 6. The predicted molar refractivity (Wildman–Crippen MR) is 109 cm³/mol. The largest absolute Gasteiger partial charge is 0.348 e. The Bertz CT molecular complexity index is 870. The Labute approximate surface area is 167 Å². The maximum absolute atomic E-state index is 12.4. The molecule has 2 fully saturated rings. The van der Waals surface area contributed by atoms with Gasteiger partial charge in [0.2, 0.25) is 0 Å². The second-order valence-corrected chi connectivity index (χ2v) is 9.49. The third-order valence-electron chi connectivity index (χ3n) is 5.72. The average Bonchev–Trinajstić information content (AvgIpc) is 3.09. The third-order valence-corrected chi connectivity index (χ3v) is 6.96. The normalized spacial score (nSPS) is 27.1. The Hall–Kier alpha value is -1.96. The lowest BCUT2D eigenvalue weighted by Crippen LogP contribution is -2.45. The molecule has 1 spiro atoms. The molecule has 28 heavy (non-hydrogen) atoms. The van der Waals surface area contributed by atoms with Gasteiger partial charge in [-0.15, -0.1) is 6.58 Å². The minimum atomic E-state index is -3.71. The van der Waals surface area contributed by atoms with E-state index >= 15 is 0 Å². The Morgan fingerprint density at radius 1 is 1.29 bits per heavy atom. The first kappa shape index (κ1) is 20.8. The second-order valence-electron chi connectivity index (χ2n) is 7.83. The Morgan fingerprint density at radius 3 is 2.54 bits per heavy atom. The number of hydrogen-bond donors (Lipinski definition) is 1. The van der Waals surface area contributed by atoms with E-state index in [2.05, 4.69) is 30.0 Å². The van der Waals surface area contributed by atoms with Gasteiger partial charge in [-0.1, -0.05) is 37.3 Å². The molecule has 1 aromatic rings. The Balaban J connectivity index is 1.68. The maximum Gasteiger partial charge on any atom is 0.276 e. The lowest BCUT2D eigenvalue weighted by Gasteiger charge is -2.47. The van der Waals surface area contributed by atoms with E-state index < -0.39 is 15.8 Å². The van der Waals surface area contributed by atoms with Gasteiger partial charge >= 0.3 is 0 Å². The highest BCUT2D eigenvalue weighted by Gasteiger charge is 2.50. The van der Waals surface area contributed by atoms with Crippen LogP contribution in [-0.2, 0) is 19.5 Å². The molecule has 0 bridgehead atoms. The molecule has 1 aliphatic carbocycles. The molecular weight excluding hydrogens is 376 g/mol. The van der Waals surface area contributed by atoms with Crippen LogP contribution in [0.15, 0.2) is 59.1 Å². The van der Waals surface area contributed by atoms with Crippen LogP contribution in [0.5, 0.6) is 0 Å². The molecule has 1 N–H and O–H groups in total. The van der Waals surface area contributed by atoms with Gasteiger partial charge in [0.05, 0.1) is 24.3 Å². The summed E-state index contributed by atoms with van der Waals surface area (Å²) in [6, 6.07) is 6.60. The SMILES string of the molecule is C=CC1(C)CC2(CCC1C(=C)/C=N/NS(=O)(=O)c1ccc(C)cc1)OCCO2. The quantitative estimate of drug-likeness (QED) is 0.447. The molecule has 0 radical (unpaired) electrons. The van der Waals surface area contributed by atoms with Crippen LogP contribution in [0, 0.1) is 18.3 Å². The average molecular weight is 405 g/mol. The molecule has 1 aromatic carbocycles. The highest BCUT2D eigenvalue weighted by molar-refractivity contribution is 7.89. The van der Waals surface area contributed by atoms with Crippen molar-refractivity contribution in [3.05, 3.63) is 54.6 Å². The van der Waals surface area contributed by atoms with Gasteiger partial charge in [0.1, 0.15) is 0 Å². The molecule has 2 atom stereocenters. The zero-order chi connectivity index (χ0) is 20.4. The van der Waals surface area contributed by atoms with E-state index in [1.54, 1.807) is 24.3 Å². The van der Waals surface area contributed by atoms with E-state index in [9.17, 15) is 8.42 Å². The topological polar surface area (TPSA) is 77.0 Å². The van der Waals surface area contributed by atoms with Crippen LogP contribution in [0.1, 0.15) is 31.7 Å². The first-order valence-corrected chi connectivity index (χ1v) is 10.9. The molecule has 0 aromatic heterocycles. The van der Waals surface area contributed by atoms with Gasteiger partial charge in [0, 0.05) is 12.8 Å². The van der Waals surface area contributed by atoms with Gasteiger partial charge in [0.25, 0.3) is 10.0 Å². The van der Waals surface area contributed by atoms with Gasteiger partial charge in [-0.25, -0.2) is 4.83 Å². The Kier molecular flexibility index (Phi) is 5.79. The number of ether oxygens (including phenoxy) is 2. The van der Waals surface area contributed by atoms with E-state index in [4.69, 9.17) is 9.47 Å². The number of benzene rings is 1. The summed E-state index contributed by atoms with van der Waals surface area (Å²) in [7, 11) is -3.71. The van der Waals surface area contributed by atoms with Crippen LogP contribution in [0.4, 0.5) is 0 Å². The highest BCUT2D eigenvalue weighted by atomic mass is 32.2. The van der Waals surface area contributed by atoms with E-state index in [1.807, 2.05) is 13.0 Å². The number of hydrazone groups is 1. The van der Waals surface area contributed by atoms with Crippen molar-refractivity contribution in [2.75, 3.05) is 13.2 Å². The van der Waals surface area contributed by atoms with Crippen LogP contribution in [0.3, 0.4) is 0 Å². The summed E-state index contributed by atoms with van der Waals surface area (Å²) >= 11 is 0. The summed E-state index contributed by atoms with van der Waals surface area (Å²) in [4.78, 5) is 2.44. The fourth-order valence-corrected chi connectivity index (χ4v) is 4.88. The van der Waals surface area contributed by atoms with Crippen molar-refractivity contribution < 1.29 is 17.9 Å². The lowest BCUT2D eigenvalue weighted by molar-refractivity contribution is -0.200. The lowest BCUT2D eigenvalue weighted by atomic mass is 9.63. The van der Waals surface area contributed by atoms with Crippen LogP contribution in [-0.4, -0.2) is 33.6 Å². The third kappa shape index (κ3) is 4.21. The molecule has 6 nitrogen and oxygen atoms in total. The van der Waals surface area contributed by atoms with Crippen molar-refractivity contribution in [2.45, 2.75) is 43.8 Å². The van der Waals surface area contributed by atoms with Crippen LogP contribution >= 0.6 is 0 Å². The van der Waals surface area contributed by atoms with Gasteiger partial charge in [-0.3, -0.25) is 0 Å². The van der Waals surface area contributed by atoms with Gasteiger partial charge in [0.15, 0.2) is 5.79 Å². The number of allylic oxidation sites excluding steroid dienone is 2. The fraction of sp³-hybridized carbons (Fsp3) is 0.476. The molecule has 152 valence electrons. The maximum atomic E-state index is 12.4. The van der Waals surface area contributed by atoms with Crippen molar-refractivity contribution in [1.82, 2.24) is 4.83 Å². The molecule has 1 saturated carbocycles. The summed E-state index contributed by atoms with van der Waals surface area (Å²) in [5.74, 6) is -0.458. The first-order chi connectivity index (χ1) is 13.2. The molecule has 1 heterocycles. The van der Waals surface area contributed by atoms with Crippen LogP contribution in [0.25, 0.3) is 0 Å². The monoisotopic (exact) mass is 404 g/mol. The second kappa shape index (κ2) is 7.81. The summed E-state index contributed by atoms with van der Waals surface area (Å²) < 4.78 is 36.4. The van der Waals surface area contributed by atoms with Crippen molar-refractivity contribution in [3.63, 3.8) is 0 Å².